The quantitative estimate of drug-likeness (QED) is 0.0211. The van der Waals surface area contributed by atoms with Crippen LogP contribution in [0.1, 0.15) is 96.4 Å². The van der Waals surface area contributed by atoms with Crippen LogP contribution < -0.4 is 71.8 Å². The summed E-state index contributed by atoms with van der Waals surface area (Å²) >= 11 is 9.44. The van der Waals surface area contributed by atoms with Gasteiger partial charge in [-0.3, -0.25) is 9.59 Å². The van der Waals surface area contributed by atoms with E-state index in [-0.39, 0.29) is 52.8 Å². The van der Waals surface area contributed by atoms with E-state index < -0.39 is 56.0 Å². The number of halogens is 10. The molecule has 30 nitrogen and oxygen atoms in total. The van der Waals surface area contributed by atoms with Crippen LogP contribution in [0, 0.1) is 64.8 Å². The van der Waals surface area contributed by atoms with E-state index in [1.807, 2.05) is 98.7 Å². The third-order valence-corrected chi connectivity index (χ3v) is 27.0. The molecule has 6 aromatic carbocycles. The van der Waals surface area contributed by atoms with Gasteiger partial charge in [-0.05, 0) is 184 Å². The summed E-state index contributed by atoms with van der Waals surface area (Å²) in [5.41, 5.74) is 19.7. The maximum Gasteiger partial charge on any atom is 0.392 e. The largest absolute Gasteiger partial charge is 0.492 e. The van der Waals surface area contributed by atoms with Crippen LogP contribution in [0.15, 0.2) is 184 Å². The number of rotatable bonds is 28. The van der Waals surface area contributed by atoms with E-state index >= 15 is 0 Å². The van der Waals surface area contributed by atoms with E-state index in [0.29, 0.717) is 131 Å². The zero-order valence-corrected chi connectivity index (χ0v) is 83.6. The Balaban J connectivity index is 0.000000131. The lowest BCUT2D eigenvalue weighted by molar-refractivity contribution is -0.140. The lowest BCUT2D eigenvalue weighted by atomic mass is 10.1. The van der Waals surface area contributed by atoms with Crippen molar-refractivity contribution < 1.29 is 91.4 Å². The Bertz CT molecular complexity index is 7610. The number of anilines is 12. The Morgan fingerprint density at radius 2 is 0.607 bits per heavy atom. The monoisotopic (exact) mass is 2100 g/mol. The van der Waals surface area contributed by atoms with Crippen LogP contribution >= 0.6 is 68.0 Å². The fourth-order valence-electron chi connectivity index (χ4n) is 14.3. The molecule has 0 spiro atoms. The number of ether oxygens (including phenoxy) is 8. The molecule has 0 bridgehead atoms. The molecule has 2 aliphatic heterocycles. The molecule has 2 unspecified atom stereocenters. The molecule has 18 aromatic rings. The van der Waals surface area contributed by atoms with Crippen molar-refractivity contribution in [2.45, 2.75) is 119 Å². The molecule has 2 fully saturated rings. The fraction of sp³-hybridized carbons (Fsp3) is 0.253. The third-order valence-electron chi connectivity index (χ3n) is 20.7. The van der Waals surface area contributed by atoms with Crippen molar-refractivity contribution in [3.8, 4) is 34.5 Å². The minimum absolute atomic E-state index is 0.00992. The summed E-state index contributed by atoms with van der Waals surface area (Å²) in [6, 6.07) is 38.2. The van der Waals surface area contributed by atoms with Gasteiger partial charge in [-0.1, -0.05) is 0 Å². The number of primary amides is 2. The highest BCUT2D eigenvalue weighted by Crippen LogP contribution is 2.43. The average Bonchev–Trinajstić information content (AvgIpc) is 1.72. The first-order valence-electron chi connectivity index (χ1n) is 44.7. The van der Waals surface area contributed by atoms with Gasteiger partial charge in [-0.15, -0.1) is 68.0 Å². The summed E-state index contributed by atoms with van der Waals surface area (Å²) in [4.78, 5) is 80.7. The Labute approximate surface area is 845 Å². The van der Waals surface area contributed by atoms with Crippen LogP contribution in [0.25, 0.3) is 61.3 Å². The van der Waals surface area contributed by atoms with Gasteiger partial charge >= 0.3 is 12.4 Å². The molecule has 0 aliphatic carbocycles. The molecule has 2 amide bonds. The molecule has 2 saturated heterocycles. The summed E-state index contributed by atoms with van der Waals surface area (Å²) in [7, 11) is 0. The topological polar surface area (TPSA) is 387 Å². The second-order valence-electron chi connectivity index (χ2n) is 32.5. The highest BCUT2D eigenvalue weighted by molar-refractivity contribution is 7.21. The van der Waals surface area contributed by atoms with E-state index in [0.717, 1.165) is 109 Å². The molecule has 0 saturated carbocycles. The van der Waals surface area contributed by atoms with E-state index in [4.69, 9.17) is 49.4 Å². The fourth-order valence-corrected chi connectivity index (χ4v) is 19.7. The third kappa shape index (κ3) is 28.7. The number of nitrogens with zero attached hydrogens (tertiary/aromatic N) is 12. The highest BCUT2D eigenvalue weighted by Gasteiger charge is 2.30. The van der Waals surface area contributed by atoms with Gasteiger partial charge in [-0.25, -0.2) is 77.4 Å². The minimum Gasteiger partial charge on any atom is -0.492 e. The standard InChI is InChI=1S/C18H18N4O3S.C17H15F3N4O2S.C17H16FN3O2S.C16H13F4N3OS.C16H16FN3OS.C15H14FN3OS/c1-10-6-14-16(26-10)18(21-9-20-14)22-13-3-2-11(17(19)23)7-15(13)25-12-4-5-24-8-12;1-9-6-12-14(27-9)16(23-8-22-12)24-11-3-2-10(15(21)25)7-13(11)26-5-4-17(18,19)20;1-10-6-14-16(24-10)17(20-9-19-14)21-13-3-2-11(18)7-15(13)23-12-4-5-22-8-12;1-9-6-12-14(25-9)15(22-8-21-12)23-11-3-2-10(17)7-13(11)24-5-4-16(18,19)20;1-9(2)21-14-7-11(17)4-5-12(14)20-16-15-13(18-8-19-16)6-10(3)22-15;1-3-20-13-7-10(16)4-5-11(13)19-15-14-12(17-8-18-15)6-9(2)21-14/h2-3,6-7,9,12H,4-5,8H2,1H3,(H2,19,23)(H,20,21,22);2-3,6-8H,4-5H2,1H3,(H2,21,25)(H,22,23,24);2-3,6-7,9,12H,4-5,8H2,1H3,(H,19,20,21);2-3,6-8H,4-5H2,1H3,(H,21,22,23);4-9H,1-3H3,(H,18,19,20);4-8H,3H2,1-2H3,(H,17,18,19). The summed E-state index contributed by atoms with van der Waals surface area (Å²) in [6.07, 6.45) is -0.610. The predicted molar refractivity (Wildman–Crippen MR) is 547 cm³/mol. The van der Waals surface area contributed by atoms with Crippen molar-refractivity contribution in [3.05, 3.63) is 247 Å². The summed E-state index contributed by atoms with van der Waals surface area (Å²) in [5, 5.41) is 19.0. The van der Waals surface area contributed by atoms with E-state index in [9.17, 15) is 53.5 Å². The van der Waals surface area contributed by atoms with Gasteiger partial charge in [-0.2, -0.15) is 26.3 Å². The van der Waals surface area contributed by atoms with Crippen LogP contribution in [0.3, 0.4) is 0 Å². The number of amides is 2. The van der Waals surface area contributed by atoms with Gasteiger partial charge in [0.1, 0.15) is 108 Å². The van der Waals surface area contributed by atoms with Gasteiger partial charge in [0.25, 0.3) is 0 Å². The molecule has 14 heterocycles. The smallest absolute Gasteiger partial charge is 0.392 e. The second kappa shape index (κ2) is 47.7. The molecule has 754 valence electrons. The Kier molecular flexibility index (Phi) is 34.4. The first-order chi connectivity index (χ1) is 69.5. The lowest BCUT2D eigenvalue weighted by Crippen LogP contribution is -2.17. The summed E-state index contributed by atoms with van der Waals surface area (Å²) in [6.45, 7) is 19.3. The molecule has 10 N–H and O–H groups in total. The Morgan fingerprint density at radius 1 is 0.359 bits per heavy atom. The number of hydrogen-bond donors (Lipinski definition) is 8. The van der Waals surface area contributed by atoms with Crippen LogP contribution in [0.4, 0.5) is 113 Å². The molecule has 0 radical (unpaired) electrons. The molecule has 145 heavy (non-hydrogen) atoms. The van der Waals surface area contributed by atoms with E-state index in [1.165, 1.54) is 127 Å². The van der Waals surface area contributed by atoms with Gasteiger partial charge in [0.15, 0.2) is 34.9 Å². The molecule has 12 aromatic heterocycles. The Hall–Kier alpha value is -14.7. The molecule has 2 atom stereocenters. The van der Waals surface area contributed by atoms with Crippen molar-refractivity contribution in [2.75, 3.05) is 78.1 Å². The van der Waals surface area contributed by atoms with E-state index in [1.54, 1.807) is 81.7 Å². The minimum atomic E-state index is -4.35. The number of alkyl halides is 6. The van der Waals surface area contributed by atoms with Crippen molar-refractivity contribution in [2.24, 2.45) is 11.5 Å². The SMILES string of the molecule is CCOc1cc(F)ccc1Nc1ncnc2cc(C)sc12.Cc1cc2ncnc(Nc3ccc(C(N)=O)cc3OC3CCOC3)c2s1.Cc1cc2ncnc(Nc3ccc(C(N)=O)cc3OCCC(F)(F)F)c2s1.Cc1cc2ncnc(Nc3ccc(F)cc3OC(C)C)c2s1.Cc1cc2ncnc(Nc3ccc(F)cc3OC3CCOC3)c2s1.Cc1cc2ncnc(Nc3ccc(F)cc3OCCC(F)(F)F)c2s1. The first kappa shape index (κ1) is 105. The maximum absolute atomic E-state index is 13.7. The number of fused-ring (bicyclic) bond motifs is 6. The van der Waals surface area contributed by atoms with Crippen LogP contribution in [0.2, 0.25) is 0 Å². The van der Waals surface area contributed by atoms with Crippen LogP contribution in [-0.4, -0.2) is 149 Å². The van der Waals surface area contributed by atoms with Crippen LogP contribution in [-0.2, 0) is 9.47 Å². The number of thiophene rings is 6. The van der Waals surface area contributed by atoms with Crippen molar-refractivity contribution in [3.63, 3.8) is 0 Å². The number of aromatic nitrogens is 12. The van der Waals surface area contributed by atoms with Crippen LogP contribution in [0.5, 0.6) is 34.5 Å². The van der Waals surface area contributed by atoms with Gasteiger partial charge in [0.2, 0.25) is 11.8 Å². The zero-order chi connectivity index (χ0) is 103. The number of hydrogen-bond acceptors (Lipinski definition) is 34. The van der Waals surface area contributed by atoms with Crippen molar-refractivity contribution >= 4 is 210 Å². The van der Waals surface area contributed by atoms with Crippen molar-refractivity contribution in [1.29, 1.82) is 0 Å². The molecule has 46 heteroatoms. The van der Waals surface area contributed by atoms with Crippen molar-refractivity contribution in [1.82, 2.24) is 59.8 Å². The zero-order valence-electron chi connectivity index (χ0n) is 78.7. The van der Waals surface area contributed by atoms with Gasteiger partial charge in [0.05, 0.1) is 161 Å². The first-order valence-corrected chi connectivity index (χ1v) is 49.6. The number of nitrogens with two attached hydrogens (primary N) is 2. The molecular weight excluding hydrogens is 2010 g/mol. The maximum atomic E-state index is 13.7. The Morgan fingerprint density at radius 3 is 0.876 bits per heavy atom. The number of aryl methyl sites for hydroxylation is 6. The number of carbonyl (C=O) groups excluding carboxylic acids is 2. The predicted octanol–water partition coefficient (Wildman–Crippen LogP) is 25.4. The van der Waals surface area contributed by atoms with E-state index in [2.05, 4.69) is 91.7 Å². The van der Waals surface area contributed by atoms with Gasteiger partial charge in [0, 0.05) is 77.5 Å². The highest BCUT2D eigenvalue weighted by atomic mass is 32.1. The second-order valence-corrected chi connectivity index (χ2v) is 40.0. The summed E-state index contributed by atoms with van der Waals surface area (Å²) in [5.74, 6) is 2.98. The lowest BCUT2D eigenvalue weighted by Gasteiger charge is -2.17. The molecule has 2 aliphatic rings. The average molecular weight is 2100 g/mol. The number of nitrogens with one attached hydrogen (secondary N) is 6. The number of benzene rings is 6. The molecular formula is C99H92F10N20O10S6. The van der Waals surface area contributed by atoms with Gasteiger partial charge < -0.3 is 81.3 Å². The summed E-state index contributed by atoms with van der Waals surface area (Å²) < 4.78 is 178. The number of carbonyl (C=O) groups is 2. The molecule has 20 rings (SSSR count). The normalized spacial score (nSPS) is 13.3.